The predicted octanol–water partition coefficient (Wildman–Crippen LogP) is 2.00. The quantitative estimate of drug-likeness (QED) is 0.683. The van der Waals surface area contributed by atoms with Crippen molar-refractivity contribution in [3.63, 3.8) is 0 Å². The fraction of sp³-hybridized carbons (Fsp3) is 0.385. The molecular weight excluding hydrogens is 337 g/mol. The van der Waals surface area contributed by atoms with Crippen LogP contribution in [0, 0.1) is 0 Å². The van der Waals surface area contributed by atoms with E-state index in [0.717, 1.165) is 0 Å². The Morgan fingerprint density at radius 3 is 2.62 bits per heavy atom. The average molecular weight is 355 g/mol. The summed E-state index contributed by atoms with van der Waals surface area (Å²) in [6.07, 6.45) is 0.687. The van der Waals surface area contributed by atoms with Crippen LogP contribution in [-0.4, -0.2) is 30.9 Å². The molecule has 4 N–H and O–H groups in total. The maximum absolute atomic E-state index is 12.0. The van der Waals surface area contributed by atoms with Crippen molar-refractivity contribution in [1.82, 2.24) is 10.6 Å². The van der Waals surface area contributed by atoms with E-state index in [2.05, 4.69) is 10.6 Å². The largest absolute Gasteiger partial charge is 0.354 e. The first kappa shape index (κ1) is 20.0. The number of hydrogen-bond donors (Lipinski definition) is 3. The molecule has 1 aromatic rings. The van der Waals surface area contributed by atoms with Crippen LogP contribution in [0.15, 0.2) is 18.2 Å². The minimum Gasteiger partial charge on any atom is -0.354 e. The van der Waals surface area contributed by atoms with E-state index < -0.39 is 11.9 Å². The standard InChI is InChI=1S/C13H17Cl2N3O2.ClH/c1-8(12(19)17-7-3-6-16)18-13(20)9-4-2-5-10(14)11(9)15;/h2,4-5,8H,3,6-7,16H2,1H3,(H,17,19)(H,18,20);1H. The van der Waals surface area contributed by atoms with Gasteiger partial charge >= 0.3 is 0 Å². The summed E-state index contributed by atoms with van der Waals surface area (Å²) in [6, 6.07) is 4.08. The molecule has 0 aromatic heterocycles. The molecule has 118 valence electrons. The third kappa shape index (κ3) is 6.09. The van der Waals surface area contributed by atoms with Gasteiger partial charge in [-0.05, 0) is 32.0 Å². The van der Waals surface area contributed by atoms with E-state index in [1.165, 1.54) is 0 Å². The SMILES string of the molecule is CC(NC(=O)c1cccc(Cl)c1Cl)C(=O)NCCCN.Cl. The van der Waals surface area contributed by atoms with Crippen LogP contribution < -0.4 is 16.4 Å². The van der Waals surface area contributed by atoms with Crippen LogP contribution in [0.4, 0.5) is 0 Å². The van der Waals surface area contributed by atoms with Gasteiger partial charge in [-0.2, -0.15) is 0 Å². The second-order valence-electron chi connectivity index (χ2n) is 4.23. The summed E-state index contributed by atoms with van der Waals surface area (Å²) in [5.41, 5.74) is 5.57. The first-order valence-corrected chi connectivity index (χ1v) is 6.95. The second-order valence-corrected chi connectivity index (χ2v) is 5.01. The minimum absolute atomic E-state index is 0. The molecule has 0 bridgehead atoms. The lowest BCUT2D eigenvalue weighted by atomic mass is 10.2. The molecule has 0 aliphatic rings. The van der Waals surface area contributed by atoms with Gasteiger partial charge in [-0.3, -0.25) is 9.59 Å². The molecular formula is C13H18Cl3N3O2. The van der Waals surface area contributed by atoms with Crippen LogP contribution in [0.5, 0.6) is 0 Å². The Morgan fingerprint density at radius 1 is 1.33 bits per heavy atom. The van der Waals surface area contributed by atoms with Crippen LogP contribution in [0.1, 0.15) is 23.7 Å². The second kappa shape index (κ2) is 9.84. The number of carbonyl (C=O) groups is 2. The number of halogens is 3. The van der Waals surface area contributed by atoms with E-state index >= 15 is 0 Å². The summed E-state index contributed by atoms with van der Waals surface area (Å²) in [6.45, 7) is 2.57. The topological polar surface area (TPSA) is 84.2 Å². The van der Waals surface area contributed by atoms with E-state index in [-0.39, 0.29) is 28.9 Å². The van der Waals surface area contributed by atoms with Gasteiger partial charge in [0.05, 0.1) is 15.6 Å². The number of rotatable bonds is 6. The summed E-state index contributed by atoms with van der Waals surface area (Å²) in [4.78, 5) is 23.7. The number of nitrogens with two attached hydrogens (primary N) is 1. The molecule has 2 amide bonds. The van der Waals surface area contributed by atoms with Gasteiger partial charge in [-0.25, -0.2) is 0 Å². The van der Waals surface area contributed by atoms with Crippen LogP contribution >= 0.6 is 35.6 Å². The molecule has 8 heteroatoms. The summed E-state index contributed by atoms with van der Waals surface area (Å²) < 4.78 is 0. The molecule has 0 radical (unpaired) electrons. The molecule has 5 nitrogen and oxygen atoms in total. The molecule has 0 saturated heterocycles. The third-order valence-corrected chi connectivity index (χ3v) is 3.44. The molecule has 1 rings (SSSR count). The van der Waals surface area contributed by atoms with Crippen molar-refractivity contribution in [2.45, 2.75) is 19.4 Å². The number of nitrogens with one attached hydrogen (secondary N) is 2. The lowest BCUT2D eigenvalue weighted by Gasteiger charge is -2.14. The van der Waals surface area contributed by atoms with Gasteiger partial charge in [0.1, 0.15) is 6.04 Å². The van der Waals surface area contributed by atoms with E-state index in [4.69, 9.17) is 28.9 Å². The maximum atomic E-state index is 12.0. The van der Waals surface area contributed by atoms with Gasteiger partial charge in [0, 0.05) is 6.54 Å². The minimum atomic E-state index is -0.671. The predicted molar refractivity (Wildman–Crippen MR) is 87.3 cm³/mol. The van der Waals surface area contributed by atoms with Crippen molar-refractivity contribution < 1.29 is 9.59 Å². The highest BCUT2D eigenvalue weighted by Gasteiger charge is 2.18. The van der Waals surface area contributed by atoms with Gasteiger partial charge in [-0.1, -0.05) is 29.3 Å². The average Bonchev–Trinajstić information content (AvgIpc) is 2.41. The van der Waals surface area contributed by atoms with Gasteiger partial charge in [0.25, 0.3) is 5.91 Å². The Balaban J connectivity index is 0.00000400. The van der Waals surface area contributed by atoms with Crippen LogP contribution in [0.2, 0.25) is 10.0 Å². The lowest BCUT2D eigenvalue weighted by molar-refractivity contribution is -0.122. The first-order chi connectivity index (χ1) is 9.47. The molecule has 0 spiro atoms. The molecule has 0 aliphatic carbocycles. The molecule has 0 saturated carbocycles. The highest BCUT2D eigenvalue weighted by Crippen LogP contribution is 2.25. The summed E-state index contributed by atoms with van der Waals surface area (Å²) in [7, 11) is 0. The smallest absolute Gasteiger partial charge is 0.253 e. The molecule has 0 aliphatic heterocycles. The van der Waals surface area contributed by atoms with Crippen molar-refractivity contribution in [3.05, 3.63) is 33.8 Å². The number of amides is 2. The number of hydrogen-bond acceptors (Lipinski definition) is 3. The highest BCUT2D eigenvalue weighted by molar-refractivity contribution is 6.43. The summed E-state index contributed by atoms with van der Waals surface area (Å²) in [5, 5.41) is 5.70. The molecule has 21 heavy (non-hydrogen) atoms. The van der Waals surface area contributed by atoms with Gasteiger partial charge < -0.3 is 16.4 Å². The van der Waals surface area contributed by atoms with E-state index in [1.54, 1.807) is 25.1 Å². The fourth-order valence-corrected chi connectivity index (χ4v) is 1.87. The normalized spacial score (nSPS) is 11.2. The summed E-state index contributed by atoms with van der Waals surface area (Å²) in [5.74, 6) is -0.719. The highest BCUT2D eigenvalue weighted by atomic mass is 35.5. The van der Waals surface area contributed by atoms with E-state index in [0.29, 0.717) is 24.5 Å². The third-order valence-electron chi connectivity index (χ3n) is 2.62. The molecule has 0 heterocycles. The van der Waals surface area contributed by atoms with Crippen molar-refractivity contribution in [3.8, 4) is 0 Å². The Labute approximate surface area is 140 Å². The van der Waals surface area contributed by atoms with Crippen molar-refractivity contribution in [2.24, 2.45) is 5.73 Å². The Bertz CT molecular complexity index is 498. The lowest BCUT2D eigenvalue weighted by Crippen LogP contribution is -2.45. The Kier molecular flexibility index (Phi) is 9.37. The van der Waals surface area contributed by atoms with Crippen molar-refractivity contribution in [1.29, 1.82) is 0 Å². The van der Waals surface area contributed by atoms with E-state index in [1.807, 2.05) is 0 Å². The molecule has 1 aromatic carbocycles. The van der Waals surface area contributed by atoms with Gasteiger partial charge in [0.2, 0.25) is 5.91 Å². The van der Waals surface area contributed by atoms with Crippen molar-refractivity contribution >= 4 is 47.4 Å². The maximum Gasteiger partial charge on any atom is 0.253 e. The van der Waals surface area contributed by atoms with Gasteiger partial charge in [0.15, 0.2) is 0 Å². The zero-order valence-electron chi connectivity index (χ0n) is 11.5. The van der Waals surface area contributed by atoms with Crippen molar-refractivity contribution in [2.75, 3.05) is 13.1 Å². The number of carbonyl (C=O) groups excluding carboxylic acids is 2. The first-order valence-electron chi connectivity index (χ1n) is 6.20. The van der Waals surface area contributed by atoms with Crippen LogP contribution in [0.3, 0.4) is 0 Å². The Morgan fingerprint density at radius 2 is 2.00 bits per heavy atom. The van der Waals surface area contributed by atoms with Gasteiger partial charge in [-0.15, -0.1) is 12.4 Å². The zero-order valence-corrected chi connectivity index (χ0v) is 13.8. The van der Waals surface area contributed by atoms with E-state index in [9.17, 15) is 9.59 Å². The van der Waals surface area contributed by atoms with Crippen LogP contribution in [0.25, 0.3) is 0 Å². The molecule has 0 fully saturated rings. The zero-order chi connectivity index (χ0) is 15.1. The fourth-order valence-electron chi connectivity index (χ4n) is 1.49. The number of benzene rings is 1. The summed E-state index contributed by atoms with van der Waals surface area (Å²) >= 11 is 11.8. The molecule has 1 atom stereocenters. The molecule has 1 unspecified atom stereocenters. The monoisotopic (exact) mass is 353 g/mol. The Hall–Kier alpha value is -1.01. The van der Waals surface area contributed by atoms with Crippen LogP contribution in [-0.2, 0) is 4.79 Å².